The minimum Gasteiger partial charge on any atom is -0.497 e. The zero-order valence-corrected chi connectivity index (χ0v) is 18.1. The highest BCUT2D eigenvalue weighted by molar-refractivity contribution is 9.10. The molecule has 0 radical (unpaired) electrons. The molecule has 1 heterocycles. The molecule has 1 fully saturated rings. The standard InChI is InChI=1S/C20H20BrFN2O4S/c1-28-17-4-6-18(7-5-17)29(26,27)24-12-10-23(11-13-24)20(25)9-2-15-14-16(21)3-8-19(15)22/h2-9,14H,10-13H2,1H3. The summed E-state index contributed by atoms with van der Waals surface area (Å²) in [6.45, 7) is 0.914. The molecule has 0 aromatic heterocycles. The minimum atomic E-state index is -3.63. The Kier molecular flexibility index (Phi) is 6.71. The number of methoxy groups -OCH3 is 1. The van der Waals surface area contributed by atoms with Crippen LogP contribution in [0.2, 0.25) is 0 Å². The van der Waals surface area contributed by atoms with Gasteiger partial charge in [-0.25, -0.2) is 12.8 Å². The number of carbonyl (C=O) groups excluding carboxylic acids is 1. The molecule has 0 unspecified atom stereocenters. The number of hydrogen-bond donors (Lipinski definition) is 0. The lowest BCUT2D eigenvalue weighted by molar-refractivity contribution is -0.127. The van der Waals surface area contributed by atoms with E-state index in [4.69, 9.17) is 4.74 Å². The van der Waals surface area contributed by atoms with Crippen LogP contribution >= 0.6 is 15.9 Å². The highest BCUT2D eigenvalue weighted by Crippen LogP contribution is 2.21. The summed E-state index contributed by atoms with van der Waals surface area (Å²) in [4.78, 5) is 14.1. The molecule has 1 aliphatic rings. The zero-order chi connectivity index (χ0) is 21.0. The smallest absolute Gasteiger partial charge is 0.246 e. The van der Waals surface area contributed by atoms with Crippen molar-refractivity contribution in [2.45, 2.75) is 4.90 Å². The summed E-state index contributed by atoms with van der Waals surface area (Å²) in [5, 5.41) is 0. The number of benzene rings is 2. The maximum atomic E-state index is 13.8. The van der Waals surface area contributed by atoms with Crippen molar-refractivity contribution >= 4 is 37.9 Å². The molecule has 2 aromatic carbocycles. The minimum absolute atomic E-state index is 0.183. The second-order valence-corrected chi connectivity index (χ2v) is 9.26. The SMILES string of the molecule is COc1ccc(S(=O)(=O)N2CCN(C(=O)C=Cc3cc(Br)ccc3F)CC2)cc1. The predicted molar refractivity (Wildman–Crippen MR) is 111 cm³/mol. The molecule has 0 aliphatic carbocycles. The van der Waals surface area contributed by atoms with Gasteiger partial charge >= 0.3 is 0 Å². The van der Waals surface area contributed by atoms with Gasteiger partial charge in [-0.05, 0) is 48.5 Å². The number of hydrogen-bond acceptors (Lipinski definition) is 4. The molecule has 0 atom stereocenters. The van der Waals surface area contributed by atoms with Crippen LogP contribution in [0.5, 0.6) is 5.75 Å². The van der Waals surface area contributed by atoms with E-state index in [0.717, 1.165) is 0 Å². The van der Waals surface area contributed by atoms with E-state index >= 15 is 0 Å². The molecule has 0 bridgehead atoms. The second kappa shape index (κ2) is 9.06. The third kappa shape index (κ3) is 5.04. The van der Waals surface area contributed by atoms with E-state index in [-0.39, 0.29) is 37.0 Å². The number of sulfonamides is 1. The van der Waals surface area contributed by atoms with Crippen molar-refractivity contribution in [3.63, 3.8) is 0 Å². The van der Waals surface area contributed by atoms with Gasteiger partial charge in [0, 0.05) is 42.3 Å². The van der Waals surface area contributed by atoms with Crippen LogP contribution < -0.4 is 4.74 Å². The number of piperazine rings is 1. The Hall–Kier alpha value is -2.23. The van der Waals surface area contributed by atoms with Gasteiger partial charge in [0.1, 0.15) is 11.6 Å². The normalized spacial score (nSPS) is 15.6. The molecule has 1 aliphatic heterocycles. The predicted octanol–water partition coefficient (Wildman–Crippen LogP) is 3.14. The third-order valence-corrected chi connectivity index (χ3v) is 7.02. The van der Waals surface area contributed by atoms with Crippen molar-refractivity contribution in [3.05, 3.63) is 64.4 Å². The van der Waals surface area contributed by atoms with Crippen LogP contribution in [0.3, 0.4) is 0 Å². The van der Waals surface area contributed by atoms with E-state index in [1.54, 1.807) is 29.2 Å². The third-order valence-electron chi connectivity index (χ3n) is 4.61. The first kappa shape index (κ1) is 21.5. The van der Waals surface area contributed by atoms with Crippen molar-refractivity contribution in [2.75, 3.05) is 33.3 Å². The molecule has 1 saturated heterocycles. The fourth-order valence-electron chi connectivity index (χ4n) is 2.95. The van der Waals surface area contributed by atoms with Gasteiger partial charge in [0.15, 0.2) is 0 Å². The Bertz CT molecular complexity index is 1020. The lowest BCUT2D eigenvalue weighted by Crippen LogP contribution is -2.50. The molecule has 1 amide bonds. The zero-order valence-electron chi connectivity index (χ0n) is 15.7. The van der Waals surface area contributed by atoms with Crippen LogP contribution in [0.1, 0.15) is 5.56 Å². The van der Waals surface area contributed by atoms with Crippen molar-refractivity contribution in [1.82, 2.24) is 9.21 Å². The van der Waals surface area contributed by atoms with Crippen molar-refractivity contribution in [3.8, 4) is 5.75 Å². The van der Waals surface area contributed by atoms with E-state index in [2.05, 4.69) is 15.9 Å². The van der Waals surface area contributed by atoms with Gasteiger partial charge in [-0.2, -0.15) is 4.31 Å². The molecule has 0 spiro atoms. The van der Waals surface area contributed by atoms with Crippen LogP contribution in [0.25, 0.3) is 6.08 Å². The Balaban J connectivity index is 1.62. The Morgan fingerprint density at radius 1 is 1.10 bits per heavy atom. The summed E-state index contributed by atoms with van der Waals surface area (Å²) in [5.41, 5.74) is 0.299. The Morgan fingerprint density at radius 3 is 2.38 bits per heavy atom. The molecule has 6 nitrogen and oxygen atoms in total. The Labute approximate surface area is 177 Å². The number of nitrogens with zero attached hydrogens (tertiary/aromatic N) is 2. The van der Waals surface area contributed by atoms with Crippen LogP contribution in [-0.4, -0.2) is 56.8 Å². The monoisotopic (exact) mass is 482 g/mol. The molecule has 154 valence electrons. The lowest BCUT2D eigenvalue weighted by atomic mass is 10.2. The molecule has 2 aromatic rings. The second-order valence-electron chi connectivity index (χ2n) is 6.40. The molecule has 0 saturated carbocycles. The molecule has 3 rings (SSSR count). The summed E-state index contributed by atoms with van der Waals surface area (Å²) in [7, 11) is -2.12. The van der Waals surface area contributed by atoms with Gasteiger partial charge in [0.05, 0.1) is 12.0 Å². The topological polar surface area (TPSA) is 66.9 Å². The van der Waals surface area contributed by atoms with Gasteiger partial charge in [-0.3, -0.25) is 4.79 Å². The maximum Gasteiger partial charge on any atom is 0.246 e. The number of halogens is 2. The van der Waals surface area contributed by atoms with Crippen molar-refractivity contribution in [2.24, 2.45) is 0 Å². The number of carbonyl (C=O) groups is 1. The van der Waals surface area contributed by atoms with Gasteiger partial charge in [-0.1, -0.05) is 15.9 Å². The van der Waals surface area contributed by atoms with Crippen molar-refractivity contribution < 1.29 is 22.3 Å². The highest BCUT2D eigenvalue weighted by atomic mass is 79.9. The van der Waals surface area contributed by atoms with Crippen LogP contribution in [-0.2, 0) is 14.8 Å². The quantitative estimate of drug-likeness (QED) is 0.613. The summed E-state index contributed by atoms with van der Waals surface area (Å²) in [6, 6.07) is 10.7. The lowest BCUT2D eigenvalue weighted by Gasteiger charge is -2.33. The summed E-state index contributed by atoms with van der Waals surface area (Å²) < 4.78 is 46.4. The van der Waals surface area contributed by atoms with Crippen LogP contribution in [0.4, 0.5) is 4.39 Å². The largest absolute Gasteiger partial charge is 0.497 e. The molecule has 0 N–H and O–H groups in total. The van der Waals surface area contributed by atoms with E-state index in [1.165, 1.54) is 41.8 Å². The average Bonchev–Trinajstić information content (AvgIpc) is 2.74. The van der Waals surface area contributed by atoms with Crippen LogP contribution in [0, 0.1) is 5.82 Å². The number of amides is 1. The first-order chi connectivity index (χ1) is 13.8. The van der Waals surface area contributed by atoms with Gasteiger partial charge in [0.2, 0.25) is 15.9 Å². The highest BCUT2D eigenvalue weighted by Gasteiger charge is 2.29. The first-order valence-corrected chi connectivity index (χ1v) is 11.1. The first-order valence-electron chi connectivity index (χ1n) is 8.87. The van der Waals surface area contributed by atoms with Gasteiger partial charge < -0.3 is 9.64 Å². The van der Waals surface area contributed by atoms with E-state index in [9.17, 15) is 17.6 Å². The molecular weight excluding hydrogens is 463 g/mol. The van der Waals surface area contributed by atoms with Gasteiger partial charge in [0.25, 0.3) is 0 Å². The van der Waals surface area contributed by atoms with Gasteiger partial charge in [-0.15, -0.1) is 0 Å². The molecule has 29 heavy (non-hydrogen) atoms. The fraction of sp³-hybridized carbons (Fsp3) is 0.250. The fourth-order valence-corrected chi connectivity index (χ4v) is 4.76. The maximum absolute atomic E-state index is 13.8. The summed E-state index contributed by atoms with van der Waals surface area (Å²) in [6.07, 6.45) is 2.72. The average molecular weight is 483 g/mol. The summed E-state index contributed by atoms with van der Waals surface area (Å²) >= 11 is 3.27. The number of ether oxygens (including phenoxy) is 1. The Morgan fingerprint density at radius 2 is 1.76 bits per heavy atom. The van der Waals surface area contributed by atoms with Crippen LogP contribution in [0.15, 0.2) is 57.9 Å². The van der Waals surface area contributed by atoms with E-state index < -0.39 is 15.8 Å². The van der Waals surface area contributed by atoms with E-state index in [0.29, 0.717) is 15.8 Å². The molecule has 9 heteroatoms. The summed E-state index contributed by atoms with van der Waals surface area (Å²) in [5.74, 6) is -0.133. The van der Waals surface area contributed by atoms with E-state index in [1.807, 2.05) is 0 Å². The number of rotatable bonds is 5. The van der Waals surface area contributed by atoms with Crippen molar-refractivity contribution in [1.29, 1.82) is 0 Å². The molecular formula is C20H20BrFN2O4S.